The minimum absolute atomic E-state index is 0.0401. The van der Waals surface area contributed by atoms with Gasteiger partial charge < -0.3 is 9.40 Å². The number of nitrogens with zero attached hydrogens (tertiary/aromatic N) is 2. The maximum absolute atomic E-state index is 11.1. The van der Waals surface area contributed by atoms with E-state index < -0.39 is 0 Å². The second-order valence-electron chi connectivity index (χ2n) is 2.71. The Kier molecular flexibility index (Phi) is 2.79. The molecule has 15 heavy (non-hydrogen) atoms. The van der Waals surface area contributed by atoms with E-state index in [1.807, 2.05) is 0 Å². The lowest BCUT2D eigenvalue weighted by Crippen LogP contribution is -2.07. The topological polar surface area (TPSA) is 71.8 Å². The van der Waals surface area contributed by atoms with Gasteiger partial charge in [0.25, 0.3) is 10.8 Å². The number of hydrogen-bond donors (Lipinski definition) is 1. The molecule has 0 aliphatic carbocycles. The highest BCUT2D eigenvalue weighted by atomic mass is 35.5. The Labute approximate surface area is 93.9 Å². The van der Waals surface area contributed by atoms with Crippen molar-refractivity contribution < 1.29 is 4.42 Å². The summed E-state index contributed by atoms with van der Waals surface area (Å²) < 4.78 is 5.10. The molecule has 0 amide bonds. The average Bonchev–Trinajstić information content (AvgIpc) is 2.59. The molecule has 2 aromatic heterocycles. The minimum Gasteiger partial charge on any atom is -0.439 e. The third-order valence-electron chi connectivity index (χ3n) is 1.55. The third kappa shape index (κ3) is 2.21. The summed E-state index contributed by atoms with van der Waals surface area (Å²) >= 11 is 6.86. The van der Waals surface area contributed by atoms with E-state index in [4.69, 9.17) is 16.0 Å². The van der Waals surface area contributed by atoms with Crippen LogP contribution in [0.5, 0.6) is 0 Å². The Morgan fingerprint density at radius 2 is 2.40 bits per heavy atom. The first-order valence-corrected chi connectivity index (χ1v) is 5.19. The van der Waals surface area contributed by atoms with Gasteiger partial charge >= 0.3 is 0 Å². The van der Waals surface area contributed by atoms with Gasteiger partial charge in [-0.05, 0) is 18.7 Å². The van der Waals surface area contributed by atoms with Gasteiger partial charge in [-0.1, -0.05) is 11.6 Å². The molecular formula is C8H6ClN3O2S. The minimum atomic E-state index is -0.377. The number of oxazole rings is 1. The lowest BCUT2D eigenvalue weighted by atomic mass is 10.6. The second-order valence-corrected chi connectivity index (χ2v) is 4.03. The lowest BCUT2D eigenvalue weighted by molar-refractivity contribution is 0.453. The lowest BCUT2D eigenvalue weighted by Gasteiger charge is -1.96. The smallest absolute Gasteiger partial charge is 0.270 e. The maximum atomic E-state index is 11.1. The number of rotatable bonds is 2. The maximum Gasteiger partial charge on any atom is 0.270 e. The number of aromatic amines is 1. The van der Waals surface area contributed by atoms with E-state index >= 15 is 0 Å². The van der Waals surface area contributed by atoms with Gasteiger partial charge in [0.15, 0.2) is 0 Å². The first-order chi connectivity index (χ1) is 7.16. The molecule has 2 rings (SSSR count). The van der Waals surface area contributed by atoms with Gasteiger partial charge in [0.05, 0.1) is 12.0 Å². The highest BCUT2D eigenvalue weighted by Crippen LogP contribution is 2.28. The van der Waals surface area contributed by atoms with Crippen molar-refractivity contribution in [1.29, 1.82) is 0 Å². The van der Waals surface area contributed by atoms with E-state index in [2.05, 4.69) is 15.0 Å². The Hall–Kier alpha value is -1.27. The van der Waals surface area contributed by atoms with Crippen molar-refractivity contribution in [2.24, 2.45) is 0 Å². The van der Waals surface area contributed by atoms with Crippen LogP contribution in [0.15, 0.2) is 32.1 Å². The molecule has 1 N–H and O–H groups in total. The summed E-state index contributed by atoms with van der Waals surface area (Å²) in [7, 11) is 0. The molecule has 0 saturated heterocycles. The monoisotopic (exact) mass is 243 g/mol. The van der Waals surface area contributed by atoms with Gasteiger partial charge in [-0.3, -0.25) is 4.79 Å². The normalized spacial score (nSPS) is 10.5. The molecule has 0 aromatic carbocycles. The Balaban J connectivity index is 2.32. The Morgan fingerprint density at radius 1 is 1.60 bits per heavy atom. The molecule has 0 saturated carbocycles. The van der Waals surface area contributed by atoms with Gasteiger partial charge in [0.2, 0.25) is 0 Å². The molecule has 2 heterocycles. The van der Waals surface area contributed by atoms with Crippen LogP contribution in [-0.2, 0) is 0 Å². The SMILES string of the molecule is Cc1coc(Sc2nc[nH]c(=O)c2Cl)n1. The van der Waals surface area contributed by atoms with E-state index in [-0.39, 0.29) is 10.6 Å². The van der Waals surface area contributed by atoms with Gasteiger partial charge in [-0.25, -0.2) is 9.97 Å². The zero-order valence-electron chi connectivity index (χ0n) is 7.65. The van der Waals surface area contributed by atoms with Gasteiger partial charge in [-0.15, -0.1) is 0 Å². The van der Waals surface area contributed by atoms with Gasteiger partial charge in [0.1, 0.15) is 16.3 Å². The number of hydrogen-bond acceptors (Lipinski definition) is 5. The third-order valence-corrected chi connectivity index (χ3v) is 2.87. The largest absolute Gasteiger partial charge is 0.439 e. The fraction of sp³-hybridized carbons (Fsp3) is 0.125. The van der Waals surface area contributed by atoms with Crippen LogP contribution in [-0.4, -0.2) is 15.0 Å². The van der Waals surface area contributed by atoms with Crippen molar-refractivity contribution in [3.63, 3.8) is 0 Å². The number of aromatic nitrogens is 3. The van der Waals surface area contributed by atoms with Crippen LogP contribution < -0.4 is 5.56 Å². The van der Waals surface area contributed by atoms with Crippen LogP contribution >= 0.6 is 23.4 Å². The molecule has 0 radical (unpaired) electrons. The molecule has 78 valence electrons. The van der Waals surface area contributed by atoms with Crippen molar-refractivity contribution in [1.82, 2.24) is 15.0 Å². The molecular weight excluding hydrogens is 238 g/mol. The van der Waals surface area contributed by atoms with E-state index in [0.717, 1.165) is 17.5 Å². The molecule has 2 aromatic rings. The summed E-state index contributed by atoms with van der Waals surface area (Å²) in [5, 5.41) is 0.827. The second kappa shape index (κ2) is 4.08. The molecule has 0 aliphatic heterocycles. The van der Waals surface area contributed by atoms with Gasteiger partial charge in [0, 0.05) is 0 Å². The van der Waals surface area contributed by atoms with Crippen LogP contribution in [0, 0.1) is 6.92 Å². The molecule has 0 atom stereocenters. The summed E-state index contributed by atoms with van der Waals surface area (Å²) in [4.78, 5) is 21.5. The van der Waals surface area contributed by atoms with E-state index in [1.165, 1.54) is 12.6 Å². The molecule has 0 bridgehead atoms. The molecule has 7 heteroatoms. The first kappa shape index (κ1) is 10.3. The first-order valence-electron chi connectivity index (χ1n) is 4.00. The van der Waals surface area contributed by atoms with Crippen molar-refractivity contribution in [2.75, 3.05) is 0 Å². The predicted molar refractivity (Wildman–Crippen MR) is 55.2 cm³/mol. The van der Waals surface area contributed by atoms with Crippen molar-refractivity contribution in [2.45, 2.75) is 17.2 Å². The molecule has 0 spiro atoms. The summed E-state index contributed by atoms with van der Waals surface area (Å²) in [5.41, 5.74) is 0.385. The fourth-order valence-corrected chi connectivity index (χ4v) is 1.86. The van der Waals surface area contributed by atoms with Crippen LogP contribution in [0.3, 0.4) is 0 Å². The Morgan fingerprint density at radius 3 is 3.07 bits per heavy atom. The zero-order valence-corrected chi connectivity index (χ0v) is 9.22. The quantitative estimate of drug-likeness (QED) is 0.816. The van der Waals surface area contributed by atoms with Crippen molar-refractivity contribution >= 4 is 23.4 Å². The van der Waals surface area contributed by atoms with Crippen LogP contribution in [0.25, 0.3) is 0 Å². The zero-order chi connectivity index (χ0) is 10.8. The number of H-pyrrole nitrogens is 1. The van der Waals surface area contributed by atoms with Crippen LogP contribution in [0.1, 0.15) is 5.69 Å². The summed E-state index contributed by atoms with van der Waals surface area (Å²) in [6, 6.07) is 0. The van der Waals surface area contributed by atoms with Gasteiger partial charge in [-0.2, -0.15) is 0 Å². The summed E-state index contributed by atoms with van der Waals surface area (Å²) in [6.45, 7) is 1.81. The number of aryl methyl sites for hydroxylation is 1. The average molecular weight is 244 g/mol. The molecule has 5 nitrogen and oxygen atoms in total. The fourth-order valence-electron chi connectivity index (χ4n) is 0.900. The molecule has 0 aliphatic rings. The van der Waals surface area contributed by atoms with Crippen molar-refractivity contribution in [3.05, 3.63) is 33.7 Å². The molecule has 0 unspecified atom stereocenters. The summed E-state index contributed by atoms with van der Waals surface area (Å²) in [6.07, 6.45) is 2.80. The highest BCUT2D eigenvalue weighted by molar-refractivity contribution is 7.99. The van der Waals surface area contributed by atoms with E-state index in [0.29, 0.717) is 10.2 Å². The number of nitrogens with one attached hydrogen (secondary N) is 1. The molecule has 0 fully saturated rings. The standard InChI is InChI=1S/C8H6ClN3O2S/c1-4-2-14-8(12-4)15-7-5(9)6(13)10-3-11-7/h2-3H,1H3,(H,10,11,13). The van der Waals surface area contributed by atoms with Crippen LogP contribution in [0.4, 0.5) is 0 Å². The summed E-state index contributed by atoms with van der Waals surface area (Å²) in [5.74, 6) is 0. The Bertz CT molecular complexity index is 537. The van der Waals surface area contributed by atoms with E-state index in [9.17, 15) is 4.79 Å². The van der Waals surface area contributed by atoms with E-state index in [1.54, 1.807) is 6.92 Å². The highest BCUT2D eigenvalue weighted by Gasteiger charge is 2.10. The van der Waals surface area contributed by atoms with Crippen molar-refractivity contribution in [3.8, 4) is 0 Å². The number of halogens is 1. The predicted octanol–water partition coefficient (Wildman–Crippen LogP) is 1.87. The van der Waals surface area contributed by atoms with Crippen LogP contribution in [0.2, 0.25) is 5.02 Å².